The summed E-state index contributed by atoms with van der Waals surface area (Å²) in [5.41, 5.74) is 0. The molecule has 0 aliphatic carbocycles. The summed E-state index contributed by atoms with van der Waals surface area (Å²) in [5.74, 6) is 0.661. The minimum absolute atomic E-state index is 0.0284. The van der Waals surface area contributed by atoms with Gasteiger partial charge in [0.15, 0.2) is 0 Å². The number of carbonyl (C=O) groups excluding carboxylic acids is 1. The lowest BCUT2D eigenvalue weighted by molar-refractivity contribution is -0.135. The molecule has 4 heteroatoms. The van der Waals surface area contributed by atoms with E-state index in [-0.39, 0.29) is 24.0 Å². The number of alkyl halides is 1. The minimum atomic E-state index is 0.0284. The van der Waals surface area contributed by atoms with Crippen molar-refractivity contribution in [3.05, 3.63) is 0 Å². The van der Waals surface area contributed by atoms with Gasteiger partial charge >= 0.3 is 0 Å². The highest BCUT2D eigenvalue weighted by Crippen LogP contribution is 2.21. The molecule has 0 aromatic heterocycles. The SMILES string of the molecule is CC1CC(C(=O)N(C)C(C)CCl)CO1. The molecule has 14 heavy (non-hydrogen) atoms. The van der Waals surface area contributed by atoms with Crippen LogP contribution in [0.3, 0.4) is 0 Å². The number of amides is 1. The van der Waals surface area contributed by atoms with Gasteiger partial charge in [-0.3, -0.25) is 4.79 Å². The van der Waals surface area contributed by atoms with Gasteiger partial charge in [-0.2, -0.15) is 0 Å². The molecule has 0 N–H and O–H groups in total. The maximum absolute atomic E-state index is 11.9. The molecule has 1 aliphatic rings. The third-order valence-corrected chi connectivity index (χ3v) is 3.23. The molecule has 0 saturated carbocycles. The molecule has 82 valence electrons. The molecule has 1 rings (SSSR count). The van der Waals surface area contributed by atoms with Crippen molar-refractivity contribution in [1.82, 2.24) is 4.90 Å². The predicted octanol–water partition coefficient (Wildman–Crippen LogP) is 1.50. The van der Waals surface area contributed by atoms with Crippen LogP contribution in [-0.4, -0.2) is 42.5 Å². The van der Waals surface area contributed by atoms with Crippen LogP contribution in [-0.2, 0) is 9.53 Å². The molecule has 0 bridgehead atoms. The molecule has 0 spiro atoms. The first kappa shape index (κ1) is 11.8. The highest BCUT2D eigenvalue weighted by Gasteiger charge is 2.31. The molecule has 1 aliphatic heterocycles. The van der Waals surface area contributed by atoms with E-state index in [2.05, 4.69) is 0 Å². The maximum atomic E-state index is 11.9. The van der Waals surface area contributed by atoms with Crippen LogP contribution < -0.4 is 0 Å². The Morgan fingerprint density at radius 2 is 2.36 bits per heavy atom. The van der Waals surface area contributed by atoms with Gasteiger partial charge in [0.2, 0.25) is 5.91 Å². The van der Waals surface area contributed by atoms with E-state index in [1.54, 1.807) is 11.9 Å². The molecule has 1 amide bonds. The standard InChI is InChI=1S/C10H18ClNO2/c1-7(5-11)12(3)10(13)9-4-8(2)14-6-9/h7-9H,4-6H2,1-3H3. The molecular formula is C10H18ClNO2. The average molecular weight is 220 g/mol. The largest absolute Gasteiger partial charge is 0.378 e. The van der Waals surface area contributed by atoms with Crippen LogP contribution in [0.2, 0.25) is 0 Å². The van der Waals surface area contributed by atoms with E-state index in [4.69, 9.17) is 16.3 Å². The van der Waals surface area contributed by atoms with Crippen molar-refractivity contribution in [1.29, 1.82) is 0 Å². The predicted molar refractivity (Wildman–Crippen MR) is 56.5 cm³/mol. The molecule has 1 saturated heterocycles. The molecule has 3 unspecified atom stereocenters. The van der Waals surface area contributed by atoms with Gasteiger partial charge in [-0.1, -0.05) is 0 Å². The zero-order valence-corrected chi connectivity index (χ0v) is 9.75. The van der Waals surface area contributed by atoms with Gasteiger partial charge in [0.25, 0.3) is 0 Å². The number of hydrogen-bond donors (Lipinski definition) is 0. The van der Waals surface area contributed by atoms with Crippen LogP contribution in [0.1, 0.15) is 20.3 Å². The summed E-state index contributed by atoms with van der Waals surface area (Å²) in [5, 5.41) is 0. The number of nitrogens with zero attached hydrogens (tertiary/aromatic N) is 1. The first-order chi connectivity index (χ1) is 6.56. The van der Waals surface area contributed by atoms with Gasteiger partial charge in [-0.25, -0.2) is 0 Å². The van der Waals surface area contributed by atoms with Crippen molar-refractivity contribution in [3.63, 3.8) is 0 Å². The van der Waals surface area contributed by atoms with Crippen LogP contribution in [0, 0.1) is 5.92 Å². The van der Waals surface area contributed by atoms with E-state index in [1.807, 2.05) is 13.8 Å². The lowest BCUT2D eigenvalue weighted by atomic mass is 10.0. The fourth-order valence-corrected chi connectivity index (χ4v) is 1.81. The second-order valence-corrected chi connectivity index (χ2v) is 4.34. The quantitative estimate of drug-likeness (QED) is 0.674. The van der Waals surface area contributed by atoms with Crippen LogP contribution in [0.15, 0.2) is 0 Å². The summed E-state index contributed by atoms with van der Waals surface area (Å²) in [6.45, 7) is 4.50. The number of hydrogen-bond acceptors (Lipinski definition) is 2. The van der Waals surface area contributed by atoms with Crippen molar-refractivity contribution in [2.24, 2.45) is 5.92 Å². The summed E-state index contributed by atoms with van der Waals surface area (Å²) in [7, 11) is 1.80. The molecule has 1 heterocycles. The van der Waals surface area contributed by atoms with Crippen molar-refractivity contribution in [2.45, 2.75) is 32.4 Å². The Labute approximate surface area is 90.4 Å². The lowest BCUT2D eigenvalue weighted by Crippen LogP contribution is -2.40. The molecular weight excluding hydrogens is 202 g/mol. The van der Waals surface area contributed by atoms with E-state index < -0.39 is 0 Å². The Hall–Kier alpha value is -0.280. The molecule has 0 aromatic rings. The number of carbonyl (C=O) groups is 1. The van der Waals surface area contributed by atoms with Crippen molar-refractivity contribution < 1.29 is 9.53 Å². The third kappa shape index (κ3) is 2.61. The first-order valence-corrected chi connectivity index (χ1v) is 5.54. The van der Waals surface area contributed by atoms with Gasteiger partial charge in [-0.15, -0.1) is 11.6 Å². The van der Waals surface area contributed by atoms with E-state index in [0.29, 0.717) is 12.5 Å². The van der Waals surface area contributed by atoms with Crippen molar-refractivity contribution in [2.75, 3.05) is 19.5 Å². The number of ether oxygens (including phenoxy) is 1. The smallest absolute Gasteiger partial charge is 0.228 e. The van der Waals surface area contributed by atoms with Gasteiger partial charge < -0.3 is 9.64 Å². The fraction of sp³-hybridized carbons (Fsp3) is 0.900. The van der Waals surface area contributed by atoms with Crippen LogP contribution in [0.5, 0.6) is 0 Å². The Morgan fingerprint density at radius 3 is 2.79 bits per heavy atom. The highest BCUT2D eigenvalue weighted by molar-refractivity contribution is 6.18. The van der Waals surface area contributed by atoms with Gasteiger partial charge in [0.1, 0.15) is 0 Å². The average Bonchev–Trinajstić information content (AvgIpc) is 2.61. The Morgan fingerprint density at radius 1 is 1.71 bits per heavy atom. The van der Waals surface area contributed by atoms with Gasteiger partial charge in [-0.05, 0) is 20.3 Å². The lowest BCUT2D eigenvalue weighted by Gasteiger charge is -2.25. The zero-order chi connectivity index (χ0) is 10.7. The van der Waals surface area contributed by atoms with Crippen LogP contribution in [0.4, 0.5) is 0 Å². The normalized spacial score (nSPS) is 28.9. The van der Waals surface area contributed by atoms with Gasteiger partial charge in [0.05, 0.1) is 18.6 Å². The topological polar surface area (TPSA) is 29.5 Å². The minimum Gasteiger partial charge on any atom is -0.378 e. The van der Waals surface area contributed by atoms with E-state index >= 15 is 0 Å². The second kappa shape index (κ2) is 4.99. The first-order valence-electron chi connectivity index (χ1n) is 5.00. The van der Waals surface area contributed by atoms with Crippen LogP contribution in [0.25, 0.3) is 0 Å². The van der Waals surface area contributed by atoms with Crippen LogP contribution >= 0.6 is 11.6 Å². The molecule has 3 nitrogen and oxygen atoms in total. The monoisotopic (exact) mass is 219 g/mol. The molecule has 3 atom stereocenters. The molecule has 1 fully saturated rings. The summed E-state index contributed by atoms with van der Waals surface area (Å²) in [6, 6.07) is 0.0973. The maximum Gasteiger partial charge on any atom is 0.228 e. The summed E-state index contributed by atoms with van der Waals surface area (Å²) < 4.78 is 5.37. The molecule has 0 aromatic carbocycles. The van der Waals surface area contributed by atoms with E-state index in [0.717, 1.165) is 6.42 Å². The Balaban J connectivity index is 2.48. The summed E-state index contributed by atoms with van der Waals surface area (Å²) >= 11 is 5.70. The van der Waals surface area contributed by atoms with E-state index in [9.17, 15) is 4.79 Å². The molecule has 0 radical (unpaired) electrons. The van der Waals surface area contributed by atoms with Crippen molar-refractivity contribution in [3.8, 4) is 0 Å². The second-order valence-electron chi connectivity index (χ2n) is 4.03. The Kier molecular flexibility index (Phi) is 4.20. The van der Waals surface area contributed by atoms with Gasteiger partial charge in [0, 0.05) is 19.0 Å². The number of rotatable bonds is 3. The fourth-order valence-electron chi connectivity index (χ4n) is 1.60. The van der Waals surface area contributed by atoms with Crippen molar-refractivity contribution >= 4 is 17.5 Å². The zero-order valence-electron chi connectivity index (χ0n) is 9.00. The summed E-state index contributed by atoms with van der Waals surface area (Å²) in [6.07, 6.45) is 1.04. The Bertz CT molecular complexity index is 206. The van der Waals surface area contributed by atoms with E-state index in [1.165, 1.54) is 0 Å². The third-order valence-electron chi connectivity index (χ3n) is 2.78. The summed E-state index contributed by atoms with van der Waals surface area (Å²) in [4.78, 5) is 13.6. The highest BCUT2D eigenvalue weighted by atomic mass is 35.5. The number of halogens is 1.